The molecule has 1 aromatic heterocycles. The van der Waals surface area contributed by atoms with Gasteiger partial charge >= 0.3 is 6.01 Å². The second-order valence-corrected chi connectivity index (χ2v) is 5.11. The van der Waals surface area contributed by atoms with E-state index in [-0.39, 0.29) is 0 Å². The van der Waals surface area contributed by atoms with Crippen LogP contribution in [0.2, 0.25) is 0 Å². The molecule has 0 bridgehead atoms. The van der Waals surface area contributed by atoms with Crippen LogP contribution in [0.4, 0.5) is 11.9 Å². The molecule has 6 heteroatoms. The Labute approximate surface area is 121 Å². The van der Waals surface area contributed by atoms with Gasteiger partial charge in [-0.3, -0.25) is 0 Å². The number of nitrogens with one attached hydrogen (secondary N) is 1. The maximum absolute atomic E-state index is 5.45. The Morgan fingerprint density at radius 1 is 1.25 bits per heavy atom. The number of anilines is 2. The van der Waals surface area contributed by atoms with Gasteiger partial charge in [-0.15, -0.1) is 0 Å². The lowest BCUT2D eigenvalue weighted by Gasteiger charge is -2.17. The van der Waals surface area contributed by atoms with Crippen LogP contribution in [0.25, 0.3) is 0 Å². The zero-order valence-corrected chi connectivity index (χ0v) is 12.7. The van der Waals surface area contributed by atoms with Gasteiger partial charge in [0, 0.05) is 19.6 Å². The van der Waals surface area contributed by atoms with Crippen LogP contribution in [-0.4, -0.2) is 41.2 Å². The van der Waals surface area contributed by atoms with Gasteiger partial charge in [0.25, 0.3) is 0 Å². The Balaban J connectivity index is 2.15. The monoisotopic (exact) mass is 279 g/mol. The SMILES string of the molecule is CCCNc1nc(OCC)nc(N2CCC(CC)C2)n1. The minimum Gasteiger partial charge on any atom is -0.464 e. The van der Waals surface area contributed by atoms with Crippen molar-refractivity contribution in [1.82, 2.24) is 15.0 Å². The van der Waals surface area contributed by atoms with Crippen LogP contribution in [0, 0.1) is 5.92 Å². The molecule has 1 saturated heterocycles. The van der Waals surface area contributed by atoms with E-state index in [9.17, 15) is 0 Å². The normalized spacial score (nSPS) is 18.4. The highest BCUT2D eigenvalue weighted by Gasteiger charge is 2.24. The average molecular weight is 279 g/mol. The molecular formula is C14H25N5O. The van der Waals surface area contributed by atoms with Crippen molar-refractivity contribution in [3.05, 3.63) is 0 Å². The minimum absolute atomic E-state index is 0.413. The molecule has 6 nitrogen and oxygen atoms in total. The predicted octanol–water partition coefficient (Wildman–Crippen LogP) is 2.33. The number of aromatic nitrogens is 3. The van der Waals surface area contributed by atoms with Crippen LogP contribution >= 0.6 is 0 Å². The van der Waals surface area contributed by atoms with Gasteiger partial charge in [-0.05, 0) is 25.7 Å². The van der Waals surface area contributed by atoms with Gasteiger partial charge in [-0.1, -0.05) is 20.3 Å². The van der Waals surface area contributed by atoms with E-state index in [1.807, 2.05) is 6.92 Å². The fourth-order valence-electron chi connectivity index (χ4n) is 2.34. The van der Waals surface area contributed by atoms with Crippen molar-refractivity contribution in [2.24, 2.45) is 5.92 Å². The summed E-state index contributed by atoms with van der Waals surface area (Å²) in [6.45, 7) is 9.75. The van der Waals surface area contributed by atoms with E-state index in [1.54, 1.807) is 0 Å². The average Bonchev–Trinajstić information content (AvgIpc) is 2.94. The first kappa shape index (κ1) is 14.8. The molecular weight excluding hydrogens is 254 g/mol. The summed E-state index contributed by atoms with van der Waals surface area (Å²) in [6, 6.07) is 0.413. The Hall–Kier alpha value is -1.59. The molecule has 2 rings (SSSR count). The first-order chi connectivity index (χ1) is 9.76. The van der Waals surface area contributed by atoms with Crippen molar-refractivity contribution in [3.63, 3.8) is 0 Å². The largest absolute Gasteiger partial charge is 0.464 e. The van der Waals surface area contributed by atoms with E-state index in [2.05, 4.69) is 39.0 Å². The van der Waals surface area contributed by atoms with E-state index in [4.69, 9.17) is 4.74 Å². The van der Waals surface area contributed by atoms with Gasteiger partial charge in [-0.2, -0.15) is 15.0 Å². The molecule has 1 N–H and O–H groups in total. The fourth-order valence-corrected chi connectivity index (χ4v) is 2.34. The Bertz CT molecular complexity index is 426. The maximum Gasteiger partial charge on any atom is 0.323 e. The zero-order valence-electron chi connectivity index (χ0n) is 12.7. The van der Waals surface area contributed by atoms with Crippen molar-refractivity contribution in [2.75, 3.05) is 36.5 Å². The third kappa shape index (κ3) is 3.71. The molecule has 0 spiro atoms. The highest BCUT2D eigenvalue weighted by molar-refractivity contribution is 5.39. The molecule has 1 atom stereocenters. The number of hydrogen-bond acceptors (Lipinski definition) is 6. The first-order valence-corrected chi connectivity index (χ1v) is 7.64. The van der Waals surface area contributed by atoms with Crippen LogP contribution in [0.5, 0.6) is 6.01 Å². The number of nitrogens with zero attached hydrogens (tertiary/aromatic N) is 4. The minimum atomic E-state index is 0.413. The Morgan fingerprint density at radius 2 is 2.10 bits per heavy atom. The van der Waals surface area contributed by atoms with Crippen molar-refractivity contribution in [3.8, 4) is 6.01 Å². The lowest BCUT2D eigenvalue weighted by Crippen LogP contribution is -2.23. The third-order valence-corrected chi connectivity index (χ3v) is 3.56. The second kappa shape index (κ2) is 7.26. The zero-order chi connectivity index (χ0) is 14.4. The Kier molecular flexibility index (Phi) is 5.38. The molecule has 1 aliphatic heterocycles. The van der Waals surface area contributed by atoms with Crippen LogP contribution in [0.3, 0.4) is 0 Å². The highest BCUT2D eigenvalue weighted by atomic mass is 16.5. The van der Waals surface area contributed by atoms with Crippen molar-refractivity contribution in [1.29, 1.82) is 0 Å². The predicted molar refractivity (Wildman–Crippen MR) is 80.4 cm³/mol. The van der Waals surface area contributed by atoms with E-state index in [1.165, 1.54) is 12.8 Å². The summed E-state index contributed by atoms with van der Waals surface area (Å²) in [6.07, 6.45) is 3.46. The molecule has 1 unspecified atom stereocenters. The molecule has 0 radical (unpaired) electrons. The summed E-state index contributed by atoms with van der Waals surface area (Å²) >= 11 is 0. The van der Waals surface area contributed by atoms with Gasteiger partial charge in [0.15, 0.2) is 0 Å². The smallest absolute Gasteiger partial charge is 0.323 e. The maximum atomic E-state index is 5.45. The molecule has 0 saturated carbocycles. The van der Waals surface area contributed by atoms with Gasteiger partial charge in [-0.25, -0.2) is 0 Å². The van der Waals surface area contributed by atoms with Crippen molar-refractivity contribution >= 4 is 11.9 Å². The molecule has 1 aromatic rings. The summed E-state index contributed by atoms with van der Waals surface area (Å²) in [5, 5.41) is 3.21. The first-order valence-electron chi connectivity index (χ1n) is 7.64. The van der Waals surface area contributed by atoms with Crippen LogP contribution in [0.1, 0.15) is 40.0 Å². The Morgan fingerprint density at radius 3 is 2.75 bits per heavy atom. The number of rotatable bonds is 7. The molecule has 112 valence electrons. The van der Waals surface area contributed by atoms with Crippen LogP contribution in [0.15, 0.2) is 0 Å². The van der Waals surface area contributed by atoms with Crippen LogP contribution < -0.4 is 15.0 Å². The molecule has 1 aliphatic rings. The molecule has 0 aromatic carbocycles. The third-order valence-electron chi connectivity index (χ3n) is 3.56. The van der Waals surface area contributed by atoms with Gasteiger partial charge in [0.05, 0.1) is 6.61 Å². The molecule has 20 heavy (non-hydrogen) atoms. The molecule has 0 amide bonds. The van der Waals surface area contributed by atoms with E-state index in [0.717, 1.165) is 37.9 Å². The molecule has 1 fully saturated rings. The van der Waals surface area contributed by atoms with E-state index in [0.29, 0.717) is 18.6 Å². The number of hydrogen-bond donors (Lipinski definition) is 1. The molecule has 2 heterocycles. The highest BCUT2D eigenvalue weighted by Crippen LogP contribution is 2.24. The molecule has 0 aliphatic carbocycles. The van der Waals surface area contributed by atoms with Crippen molar-refractivity contribution < 1.29 is 4.74 Å². The fraction of sp³-hybridized carbons (Fsp3) is 0.786. The lowest BCUT2D eigenvalue weighted by molar-refractivity contribution is 0.312. The van der Waals surface area contributed by atoms with E-state index < -0.39 is 0 Å². The van der Waals surface area contributed by atoms with Gasteiger partial charge in [0.2, 0.25) is 11.9 Å². The van der Waals surface area contributed by atoms with Crippen molar-refractivity contribution in [2.45, 2.75) is 40.0 Å². The topological polar surface area (TPSA) is 63.2 Å². The van der Waals surface area contributed by atoms with Gasteiger partial charge in [0.1, 0.15) is 0 Å². The quantitative estimate of drug-likeness (QED) is 0.826. The summed E-state index contributed by atoms with van der Waals surface area (Å²) < 4.78 is 5.45. The van der Waals surface area contributed by atoms with Gasteiger partial charge < -0.3 is 15.0 Å². The number of ether oxygens (including phenoxy) is 1. The summed E-state index contributed by atoms with van der Waals surface area (Å²) in [4.78, 5) is 15.5. The summed E-state index contributed by atoms with van der Waals surface area (Å²) in [5.41, 5.74) is 0. The standard InChI is InChI=1S/C14H25N5O/c1-4-8-15-12-16-13(18-14(17-12)20-6-3)19-9-7-11(5-2)10-19/h11H,4-10H2,1-3H3,(H,15,16,17,18). The van der Waals surface area contributed by atoms with E-state index >= 15 is 0 Å². The van der Waals surface area contributed by atoms with Crippen LogP contribution in [-0.2, 0) is 0 Å². The second-order valence-electron chi connectivity index (χ2n) is 5.11. The summed E-state index contributed by atoms with van der Waals surface area (Å²) in [7, 11) is 0. The summed E-state index contributed by atoms with van der Waals surface area (Å²) in [5.74, 6) is 2.09. The lowest BCUT2D eigenvalue weighted by atomic mass is 10.1.